The molecule has 24 heavy (non-hydrogen) atoms. The SMILES string of the molecule is Cc1ccc(C2=CC3CCC(C2)N3Cc2ccccc2)c(C#N)c1. The predicted octanol–water partition coefficient (Wildman–Crippen LogP) is 4.69. The Morgan fingerprint density at radius 2 is 1.96 bits per heavy atom. The van der Waals surface area contributed by atoms with E-state index in [2.05, 4.69) is 59.5 Å². The van der Waals surface area contributed by atoms with Crippen molar-refractivity contribution in [2.24, 2.45) is 0 Å². The molecule has 2 unspecified atom stereocenters. The molecule has 0 spiro atoms. The Balaban J connectivity index is 1.62. The summed E-state index contributed by atoms with van der Waals surface area (Å²) in [4.78, 5) is 2.64. The van der Waals surface area contributed by atoms with Crippen molar-refractivity contribution >= 4 is 5.57 Å². The van der Waals surface area contributed by atoms with Crippen LogP contribution in [0.3, 0.4) is 0 Å². The molecule has 2 atom stereocenters. The summed E-state index contributed by atoms with van der Waals surface area (Å²) in [5.74, 6) is 0. The minimum absolute atomic E-state index is 0.506. The summed E-state index contributed by atoms with van der Waals surface area (Å²) in [6.45, 7) is 3.07. The molecule has 0 amide bonds. The zero-order valence-corrected chi connectivity index (χ0v) is 14.1. The van der Waals surface area contributed by atoms with Gasteiger partial charge in [-0.2, -0.15) is 5.26 Å². The minimum Gasteiger partial charge on any atom is -0.289 e. The molecular formula is C22H22N2. The van der Waals surface area contributed by atoms with Crippen LogP contribution in [0.15, 0.2) is 54.6 Å². The average Bonchev–Trinajstić information content (AvgIpc) is 2.83. The highest BCUT2D eigenvalue weighted by Gasteiger charge is 2.36. The number of hydrogen-bond donors (Lipinski definition) is 0. The molecule has 2 aromatic rings. The number of fused-ring (bicyclic) bond motifs is 2. The van der Waals surface area contributed by atoms with Gasteiger partial charge in [0.15, 0.2) is 0 Å². The Hall–Kier alpha value is -2.37. The molecule has 1 saturated heterocycles. The van der Waals surface area contributed by atoms with Gasteiger partial charge in [-0.3, -0.25) is 4.90 Å². The smallest absolute Gasteiger partial charge is 0.0998 e. The molecule has 2 aliphatic rings. The number of benzene rings is 2. The van der Waals surface area contributed by atoms with Gasteiger partial charge in [0.1, 0.15) is 0 Å². The predicted molar refractivity (Wildman–Crippen MR) is 97.3 cm³/mol. The number of aryl methyl sites for hydroxylation is 1. The van der Waals surface area contributed by atoms with Crippen LogP contribution in [-0.4, -0.2) is 17.0 Å². The van der Waals surface area contributed by atoms with Gasteiger partial charge in [-0.25, -0.2) is 0 Å². The standard InChI is InChI=1S/C22H22N2/c1-16-7-10-22(19(11-16)14-23)18-12-20-8-9-21(13-18)24(20)15-17-5-3-2-4-6-17/h2-7,10-12,20-21H,8-9,13,15H2,1H3. The van der Waals surface area contributed by atoms with Gasteiger partial charge in [-0.15, -0.1) is 0 Å². The molecule has 4 rings (SSSR count). The number of hydrogen-bond acceptors (Lipinski definition) is 2. The lowest BCUT2D eigenvalue weighted by atomic mass is 9.91. The summed E-state index contributed by atoms with van der Waals surface area (Å²) in [7, 11) is 0. The van der Waals surface area contributed by atoms with Crippen LogP contribution in [0.5, 0.6) is 0 Å². The monoisotopic (exact) mass is 314 g/mol. The fourth-order valence-corrected chi connectivity index (χ4v) is 4.19. The van der Waals surface area contributed by atoms with Gasteiger partial charge in [0, 0.05) is 18.6 Å². The molecule has 2 heterocycles. The van der Waals surface area contributed by atoms with Crippen LogP contribution in [-0.2, 0) is 6.54 Å². The van der Waals surface area contributed by atoms with Gasteiger partial charge in [0.25, 0.3) is 0 Å². The van der Waals surface area contributed by atoms with Crippen molar-refractivity contribution < 1.29 is 0 Å². The number of rotatable bonds is 3. The first-order chi connectivity index (χ1) is 11.7. The van der Waals surface area contributed by atoms with Crippen molar-refractivity contribution in [3.63, 3.8) is 0 Å². The molecule has 2 aromatic carbocycles. The zero-order chi connectivity index (χ0) is 16.5. The lowest BCUT2D eigenvalue weighted by Crippen LogP contribution is -2.37. The minimum atomic E-state index is 0.506. The fraction of sp³-hybridized carbons (Fsp3) is 0.318. The lowest BCUT2D eigenvalue weighted by Gasteiger charge is -2.34. The highest BCUT2D eigenvalue weighted by Crippen LogP contribution is 2.40. The van der Waals surface area contributed by atoms with Crippen LogP contribution in [0.25, 0.3) is 5.57 Å². The molecule has 2 bridgehead atoms. The van der Waals surface area contributed by atoms with Gasteiger partial charge in [-0.05, 0) is 54.5 Å². The Morgan fingerprint density at radius 1 is 1.12 bits per heavy atom. The zero-order valence-electron chi connectivity index (χ0n) is 14.1. The van der Waals surface area contributed by atoms with Gasteiger partial charge in [0.2, 0.25) is 0 Å². The molecule has 1 fully saturated rings. The molecule has 120 valence electrons. The van der Waals surface area contributed by atoms with Crippen molar-refractivity contribution in [3.8, 4) is 6.07 Å². The fourth-order valence-electron chi connectivity index (χ4n) is 4.19. The number of nitrogens with zero attached hydrogens (tertiary/aromatic N) is 2. The summed E-state index contributed by atoms with van der Waals surface area (Å²) >= 11 is 0. The van der Waals surface area contributed by atoms with Gasteiger partial charge >= 0.3 is 0 Å². The molecule has 0 N–H and O–H groups in total. The first-order valence-electron chi connectivity index (χ1n) is 8.76. The van der Waals surface area contributed by atoms with E-state index in [1.807, 2.05) is 13.0 Å². The maximum absolute atomic E-state index is 9.48. The van der Waals surface area contributed by atoms with Crippen LogP contribution in [0.2, 0.25) is 0 Å². The molecule has 2 heteroatoms. The second kappa shape index (κ2) is 6.26. The van der Waals surface area contributed by atoms with E-state index in [0.29, 0.717) is 12.1 Å². The van der Waals surface area contributed by atoms with Gasteiger partial charge in [0.05, 0.1) is 11.6 Å². The van der Waals surface area contributed by atoms with E-state index >= 15 is 0 Å². The van der Waals surface area contributed by atoms with Crippen LogP contribution in [0, 0.1) is 18.3 Å². The van der Waals surface area contributed by atoms with Gasteiger partial charge in [-0.1, -0.05) is 48.5 Å². The molecule has 0 radical (unpaired) electrons. The van der Waals surface area contributed by atoms with E-state index in [0.717, 1.165) is 29.7 Å². The maximum Gasteiger partial charge on any atom is 0.0998 e. The molecule has 0 aliphatic carbocycles. The van der Waals surface area contributed by atoms with E-state index in [9.17, 15) is 5.26 Å². The van der Waals surface area contributed by atoms with E-state index in [1.165, 1.54) is 24.0 Å². The summed E-state index contributed by atoms with van der Waals surface area (Å²) in [5.41, 5.74) is 5.86. The van der Waals surface area contributed by atoms with Crippen molar-refractivity contribution in [1.29, 1.82) is 5.26 Å². The Bertz CT molecular complexity index is 814. The highest BCUT2D eigenvalue weighted by molar-refractivity contribution is 5.73. The van der Waals surface area contributed by atoms with Crippen molar-refractivity contribution in [1.82, 2.24) is 4.90 Å². The van der Waals surface area contributed by atoms with E-state index < -0.39 is 0 Å². The normalized spacial score (nSPS) is 22.9. The molecule has 2 aliphatic heterocycles. The lowest BCUT2D eigenvalue weighted by molar-refractivity contribution is 0.203. The average molecular weight is 314 g/mol. The Labute approximate surface area is 144 Å². The quantitative estimate of drug-likeness (QED) is 0.822. The maximum atomic E-state index is 9.48. The third-order valence-electron chi connectivity index (χ3n) is 5.39. The molecular weight excluding hydrogens is 292 g/mol. The summed E-state index contributed by atoms with van der Waals surface area (Å²) < 4.78 is 0. The Kier molecular flexibility index (Phi) is 3.96. The summed E-state index contributed by atoms with van der Waals surface area (Å²) in [6, 6.07) is 20.5. The number of nitriles is 1. The van der Waals surface area contributed by atoms with E-state index in [4.69, 9.17) is 0 Å². The molecule has 0 saturated carbocycles. The van der Waals surface area contributed by atoms with E-state index in [-0.39, 0.29) is 0 Å². The largest absolute Gasteiger partial charge is 0.289 e. The topological polar surface area (TPSA) is 27.0 Å². The van der Waals surface area contributed by atoms with Crippen molar-refractivity contribution in [2.45, 2.75) is 44.8 Å². The second-order valence-corrected chi connectivity index (χ2v) is 7.01. The second-order valence-electron chi connectivity index (χ2n) is 7.01. The molecule has 2 nitrogen and oxygen atoms in total. The Morgan fingerprint density at radius 3 is 2.71 bits per heavy atom. The first-order valence-corrected chi connectivity index (χ1v) is 8.76. The van der Waals surface area contributed by atoms with Crippen LogP contribution in [0.1, 0.15) is 41.5 Å². The summed E-state index contributed by atoms with van der Waals surface area (Å²) in [6.07, 6.45) is 5.96. The van der Waals surface area contributed by atoms with Gasteiger partial charge < -0.3 is 0 Å². The molecule has 0 aromatic heterocycles. The van der Waals surface area contributed by atoms with Crippen LogP contribution >= 0.6 is 0 Å². The van der Waals surface area contributed by atoms with Crippen molar-refractivity contribution in [3.05, 3.63) is 76.9 Å². The van der Waals surface area contributed by atoms with Crippen LogP contribution in [0.4, 0.5) is 0 Å². The van der Waals surface area contributed by atoms with Crippen molar-refractivity contribution in [2.75, 3.05) is 0 Å². The first kappa shape index (κ1) is 15.2. The highest BCUT2D eigenvalue weighted by atomic mass is 15.2. The third-order valence-corrected chi connectivity index (χ3v) is 5.39. The van der Waals surface area contributed by atoms with Crippen LogP contribution < -0.4 is 0 Å². The summed E-state index contributed by atoms with van der Waals surface area (Å²) in [5, 5.41) is 9.48. The third kappa shape index (κ3) is 2.77. The van der Waals surface area contributed by atoms with E-state index in [1.54, 1.807) is 0 Å².